The van der Waals surface area contributed by atoms with Crippen LogP contribution in [0.25, 0.3) is 15.3 Å². The Morgan fingerprint density at radius 1 is 1.03 bits per heavy atom. The summed E-state index contributed by atoms with van der Waals surface area (Å²) in [6.45, 7) is 7.21. The van der Waals surface area contributed by atoms with Crippen LogP contribution < -0.4 is 10.1 Å². The summed E-state index contributed by atoms with van der Waals surface area (Å²) in [7, 11) is 1.61. The van der Waals surface area contributed by atoms with Crippen LogP contribution in [0.15, 0.2) is 42.5 Å². The van der Waals surface area contributed by atoms with Crippen molar-refractivity contribution in [1.29, 1.82) is 0 Å². The molecule has 2 aromatic heterocycles. The number of nitrogens with one attached hydrogen (secondary N) is 1. The zero-order chi connectivity index (χ0) is 25.1. The highest BCUT2D eigenvalue weighted by Gasteiger charge is 2.42. The second kappa shape index (κ2) is 8.02. The number of rotatable bonds is 4. The van der Waals surface area contributed by atoms with Crippen molar-refractivity contribution in [2.75, 3.05) is 12.4 Å². The third-order valence-electron chi connectivity index (χ3n) is 5.66. The molecule has 10 heteroatoms. The highest BCUT2D eigenvalue weighted by Crippen LogP contribution is 2.32. The predicted octanol–water partition coefficient (Wildman–Crippen LogP) is 4.45. The van der Waals surface area contributed by atoms with Crippen molar-refractivity contribution in [2.24, 2.45) is 0 Å². The maximum atomic E-state index is 13.1. The Morgan fingerprint density at radius 3 is 2.49 bits per heavy atom. The summed E-state index contributed by atoms with van der Waals surface area (Å²) in [5.41, 5.74) is 1.62. The zero-order valence-electron chi connectivity index (χ0n) is 19.9. The van der Waals surface area contributed by atoms with E-state index in [9.17, 15) is 14.4 Å². The Bertz CT molecular complexity index is 1530. The number of thiazole rings is 1. The fourth-order valence-corrected chi connectivity index (χ4v) is 4.98. The minimum atomic E-state index is -0.666. The molecule has 0 fully saturated rings. The average molecular weight is 490 g/mol. The minimum Gasteiger partial charge on any atom is -0.497 e. The van der Waals surface area contributed by atoms with Crippen molar-refractivity contribution in [1.82, 2.24) is 19.7 Å². The number of carbonyl (C=O) groups is 3. The molecule has 35 heavy (non-hydrogen) atoms. The lowest BCUT2D eigenvalue weighted by atomic mass is 10.1. The fraction of sp³-hybridized carbons (Fsp3) is 0.240. The van der Waals surface area contributed by atoms with Crippen molar-refractivity contribution in [3.05, 3.63) is 64.8 Å². The molecule has 178 valence electrons. The van der Waals surface area contributed by atoms with E-state index >= 15 is 0 Å². The van der Waals surface area contributed by atoms with Gasteiger partial charge < -0.3 is 10.1 Å². The molecule has 0 aliphatic carbocycles. The van der Waals surface area contributed by atoms with Crippen LogP contribution in [0, 0.1) is 6.92 Å². The van der Waals surface area contributed by atoms with Crippen molar-refractivity contribution in [3.8, 4) is 10.9 Å². The Balaban J connectivity index is 1.45. The number of ether oxygens (including phenoxy) is 1. The molecule has 0 saturated carbocycles. The van der Waals surface area contributed by atoms with Crippen molar-refractivity contribution >= 4 is 45.1 Å². The summed E-state index contributed by atoms with van der Waals surface area (Å²) >= 11 is 1.42. The summed E-state index contributed by atoms with van der Waals surface area (Å²) in [5.74, 6) is -0.0139. The number of nitrogens with zero attached hydrogens (tertiary/aromatic N) is 4. The van der Waals surface area contributed by atoms with Crippen LogP contribution in [0.4, 0.5) is 5.82 Å². The summed E-state index contributed by atoms with van der Waals surface area (Å²) in [4.78, 5) is 44.6. The summed E-state index contributed by atoms with van der Waals surface area (Å²) in [5, 5.41) is 7.95. The first-order valence-electron chi connectivity index (χ1n) is 10.9. The van der Waals surface area contributed by atoms with Gasteiger partial charge in [0.1, 0.15) is 11.6 Å². The van der Waals surface area contributed by atoms with Crippen LogP contribution in [0.1, 0.15) is 57.5 Å². The van der Waals surface area contributed by atoms with Crippen molar-refractivity contribution in [3.63, 3.8) is 0 Å². The molecule has 0 unspecified atom stereocenters. The van der Waals surface area contributed by atoms with Gasteiger partial charge in [-0.1, -0.05) is 11.3 Å². The smallest absolute Gasteiger partial charge is 0.262 e. The van der Waals surface area contributed by atoms with Crippen LogP contribution in [-0.4, -0.2) is 50.0 Å². The Kier molecular flexibility index (Phi) is 5.21. The maximum absolute atomic E-state index is 13.1. The van der Waals surface area contributed by atoms with Gasteiger partial charge in [-0.05, 0) is 64.1 Å². The van der Waals surface area contributed by atoms with Crippen LogP contribution >= 0.6 is 11.3 Å². The molecule has 3 amide bonds. The fourth-order valence-electron chi connectivity index (χ4n) is 4.02. The molecule has 0 bridgehead atoms. The van der Waals surface area contributed by atoms with Crippen LogP contribution in [0.2, 0.25) is 0 Å². The third-order valence-corrected chi connectivity index (χ3v) is 6.65. The van der Waals surface area contributed by atoms with Gasteiger partial charge in [-0.2, -0.15) is 9.78 Å². The number of carbonyl (C=O) groups excluding carboxylic acids is 3. The van der Waals surface area contributed by atoms with E-state index < -0.39 is 17.4 Å². The van der Waals surface area contributed by atoms with Crippen LogP contribution in [0.3, 0.4) is 0 Å². The van der Waals surface area contributed by atoms with E-state index in [1.165, 1.54) is 28.4 Å². The van der Waals surface area contributed by atoms with E-state index in [4.69, 9.17) is 4.74 Å². The van der Waals surface area contributed by atoms with Crippen molar-refractivity contribution < 1.29 is 19.1 Å². The van der Waals surface area contributed by atoms with Gasteiger partial charge in [-0.25, -0.2) is 4.98 Å². The number of benzene rings is 2. The van der Waals surface area contributed by atoms with E-state index in [0.29, 0.717) is 22.2 Å². The lowest BCUT2D eigenvalue weighted by molar-refractivity contribution is 0.0507. The van der Waals surface area contributed by atoms with E-state index in [0.717, 1.165) is 16.0 Å². The molecule has 2 aromatic carbocycles. The Labute approximate surface area is 205 Å². The first-order chi connectivity index (χ1) is 16.6. The Hall–Kier alpha value is -4.05. The number of fused-ring (bicyclic) bond motifs is 2. The van der Waals surface area contributed by atoms with Gasteiger partial charge in [0.25, 0.3) is 17.7 Å². The van der Waals surface area contributed by atoms with Gasteiger partial charge in [0.05, 0.1) is 34.1 Å². The highest BCUT2D eigenvalue weighted by atomic mass is 32.1. The molecular formula is C25H23N5O4S. The number of hydrogen-bond donors (Lipinski definition) is 1. The average Bonchev–Trinajstić information content (AvgIpc) is 3.46. The van der Waals surface area contributed by atoms with Crippen LogP contribution in [0.5, 0.6) is 5.75 Å². The number of aromatic nitrogens is 3. The first kappa shape index (κ1) is 22.7. The van der Waals surface area contributed by atoms with Crippen molar-refractivity contribution in [2.45, 2.75) is 33.2 Å². The van der Waals surface area contributed by atoms with Gasteiger partial charge in [0.2, 0.25) is 5.13 Å². The molecule has 1 aliphatic rings. The molecule has 4 aromatic rings. The maximum Gasteiger partial charge on any atom is 0.262 e. The summed E-state index contributed by atoms with van der Waals surface area (Å²) < 4.78 is 7.79. The van der Waals surface area contributed by atoms with Gasteiger partial charge >= 0.3 is 0 Å². The quantitative estimate of drug-likeness (QED) is 0.425. The van der Waals surface area contributed by atoms with Gasteiger partial charge in [-0.15, -0.1) is 0 Å². The molecule has 9 nitrogen and oxygen atoms in total. The number of hydrogen-bond acceptors (Lipinski definition) is 7. The first-order valence-corrected chi connectivity index (χ1v) is 11.7. The highest BCUT2D eigenvalue weighted by molar-refractivity contribution is 7.20. The van der Waals surface area contributed by atoms with Gasteiger partial charge in [0.15, 0.2) is 0 Å². The molecule has 3 heterocycles. The number of anilines is 1. The molecule has 1 aliphatic heterocycles. The second-order valence-electron chi connectivity index (χ2n) is 9.24. The molecule has 0 spiro atoms. The van der Waals surface area contributed by atoms with Crippen LogP contribution in [-0.2, 0) is 0 Å². The molecular weight excluding hydrogens is 466 g/mol. The lowest BCUT2D eigenvalue weighted by Crippen LogP contribution is -2.45. The standard InChI is InChI=1S/C25H23N5O4S/c1-13-10-20(30(28-13)24-26-18-9-7-15(34-5)12-19(18)35-24)27-21(31)14-6-8-16-17(11-14)23(33)29(22(16)32)25(2,3)4/h6-12H,1-5H3,(H,27,31). The van der Waals surface area contributed by atoms with E-state index in [2.05, 4.69) is 15.4 Å². The number of aryl methyl sites for hydroxylation is 1. The zero-order valence-corrected chi connectivity index (χ0v) is 20.7. The largest absolute Gasteiger partial charge is 0.497 e. The minimum absolute atomic E-state index is 0.224. The van der Waals surface area contributed by atoms with Gasteiger partial charge in [0, 0.05) is 17.2 Å². The third kappa shape index (κ3) is 3.85. The Morgan fingerprint density at radius 2 is 1.77 bits per heavy atom. The van der Waals surface area contributed by atoms with E-state index in [1.54, 1.807) is 44.7 Å². The number of amides is 3. The molecule has 0 atom stereocenters. The number of methoxy groups -OCH3 is 1. The topological polar surface area (TPSA) is 106 Å². The predicted molar refractivity (Wildman–Crippen MR) is 133 cm³/mol. The van der Waals surface area contributed by atoms with E-state index in [1.807, 2.05) is 25.1 Å². The van der Waals surface area contributed by atoms with Gasteiger partial charge in [-0.3, -0.25) is 19.3 Å². The number of imide groups is 1. The molecule has 5 rings (SSSR count). The summed E-state index contributed by atoms with van der Waals surface area (Å²) in [6.07, 6.45) is 0. The monoisotopic (exact) mass is 489 g/mol. The second-order valence-corrected chi connectivity index (χ2v) is 10.3. The SMILES string of the molecule is COc1ccc2nc(-n3nc(C)cc3NC(=O)c3ccc4c(c3)C(=O)N(C(C)(C)C)C4=O)sc2c1. The molecule has 1 N–H and O–H groups in total. The van der Waals surface area contributed by atoms with E-state index in [-0.39, 0.29) is 17.0 Å². The lowest BCUT2D eigenvalue weighted by Gasteiger charge is -2.29. The normalized spacial score (nSPS) is 13.5. The molecule has 0 radical (unpaired) electrons. The molecule has 0 saturated heterocycles. The summed E-state index contributed by atoms with van der Waals surface area (Å²) in [6, 6.07) is 11.9.